The molecule has 0 aliphatic rings. The van der Waals surface area contributed by atoms with Crippen molar-refractivity contribution in [1.29, 1.82) is 0 Å². The first kappa shape index (κ1) is 13.4. The molecule has 1 rings (SSSR count). The molecule has 15 heavy (non-hydrogen) atoms. The highest BCUT2D eigenvalue weighted by Crippen LogP contribution is 2.23. The smallest absolute Gasteiger partial charge is 0.158 e. The fraction of sp³-hybridized carbons (Fsp3) is 0.364. The third-order valence-electron chi connectivity index (χ3n) is 1.54. The first-order valence-electron chi connectivity index (χ1n) is 4.70. The molecule has 0 amide bonds. The van der Waals surface area contributed by atoms with Crippen molar-refractivity contribution >= 4 is 6.29 Å². The zero-order valence-corrected chi connectivity index (χ0v) is 8.93. The van der Waals surface area contributed by atoms with E-state index in [1.54, 1.807) is 0 Å². The quantitative estimate of drug-likeness (QED) is 0.593. The van der Waals surface area contributed by atoms with E-state index in [9.17, 15) is 4.79 Å². The second kappa shape index (κ2) is 7.82. The fourth-order valence-corrected chi connectivity index (χ4v) is 0.818. The van der Waals surface area contributed by atoms with Gasteiger partial charge in [-0.15, -0.1) is 0 Å². The van der Waals surface area contributed by atoms with Gasteiger partial charge >= 0.3 is 0 Å². The van der Waals surface area contributed by atoms with Crippen molar-refractivity contribution in [3.63, 3.8) is 0 Å². The SMILES string of the molecule is CCOCC.O=Cc1ccc(O)c(O)c1. The highest BCUT2D eigenvalue weighted by molar-refractivity contribution is 5.76. The van der Waals surface area contributed by atoms with E-state index in [2.05, 4.69) is 0 Å². The molecular weight excluding hydrogens is 196 g/mol. The highest BCUT2D eigenvalue weighted by atomic mass is 16.5. The number of carbonyl (C=O) groups excluding carboxylic acids is 1. The van der Waals surface area contributed by atoms with Crippen LogP contribution in [0.4, 0.5) is 0 Å². The molecule has 1 aromatic rings. The van der Waals surface area contributed by atoms with Gasteiger partial charge in [0, 0.05) is 18.8 Å². The maximum absolute atomic E-state index is 10.1. The van der Waals surface area contributed by atoms with Crippen molar-refractivity contribution in [2.24, 2.45) is 0 Å². The molecular formula is C11H16O4. The van der Waals surface area contributed by atoms with E-state index in [0.29, 0.717) is 11.8 Å². The molecule has 0 saturated heterocycles. The fourth-order valence-electron chi connectivity index (χ4n) is 0.818. The van der Waals surface area contributed by atoms with Crippen molar-refractivity contribution in [2.45, 2.75) is 13.8 Å². The number of aromatic hydroxyl groups is 2. The number of benzene rings is 1. The Morgan fingerprint density at radius 2 is 1.80 bits per heavy atom. The molecule has 0 unspecified atom stereocenters. The maximum atomic E-state index is 10.1. The number of hydrogen-bond acceptors (Lipinski definition) is 4. The van der Waals surface area contributed by atoms with Crippen LogP contribution in [0, 0.1) is 0 Å². The van der Waals surface area contributed by atoms with Crippen LogP contribution in [0.3, 0.4) is 0 Å². The predicted molar refractivity (Wildman–Crippen MR) is 57.3 cm³/mol. The molecule has 4 heteroatoms. The normalized spacial score (nSPS) is 8.93. The lowest BCUT2D eigenvalue weighted by Gasteiger charge is -1.95. The summed E-state index contributed by atoms with van der Waals surface area (Å²) in [5.41, 5.74) is 0.343. The van der Waals surface area contributed by atoms with Gasteiger partial charge in [-0.25, -0.2) is 0 Å². The zero-order valence-electron chi connectivity index (χ0n) is 8.93. The van der Waals surface area contributed by atoms with E-state index in [1.165, 1.54) is 18.2 Å². The Balaban J connectivity index is 0.000000336. The number of rotatable bonds is 3. The Morgan fingerprint density at radius 3 is 2.13 bits per heavy atom. The lowest BCUT2D eigenvalue weighted by Crippen LogP contribution is -1.84. The molecule has 0 aromatic heterocycles. The summed E-state index contributed by atoms with van der Waals surface area (Å²) < 4.78 is 4.83. The molecule has 1 aromatic carbocycles. The van der Waals surface area contributed by atoms with Crippen molar-refractivity contribution < 1.29 is 19.7 Å². The Labute approximate surface area is 89.1 Å². The van der Waals surface area contributed by atoms with E-state index in [0.717, 1.165) is 13.2 Å². The van der Waals surface area contributed by atoms with Gasteiger partial charge in [0.2, 0.25) is 0 Å². The predicted octanol–water partition coefficient (Wildman–Crippen LogP) is 1.95. The van der Waals surface area contributed by atoms with Gasteiger partial charge in [0.15, 0.2) is 11.5 Å². The summed E-state index contributed by atoms with van der Waals surface area (Å²) >= 11 is 0. The first-order valence-corrected chi connectivity index (χ1v) is 4.70. The molecule has 0 heterocycles. The van der Waals surface area contributed by atoms with Gasteiger partial charge in [0.25, 0.3) is 0 Å². The zero-order chi connectivity index (χ0) is 11.7. The summed E-state index contributed by atoms with van der Waals surface area (Å²) in [5.74, 6) is -0.491. The molecule has 0 radical (unpaired) electrons. The van der Waals surface area contributed by atoms with Crippen LogP contribution in [0.2, 0.25) is 0 Å². The van der Waals surface area contributed by atoms with Crippen LogP contribution in [0.15, 0.2) is 18.2 Å². The van der Waals surface area contributed by atoms with Crippen LogP contribution in [-0.4, -0.2) is 29.7 Å². The minimum Gasteiger partial charge on any atom is -0.504 e. The third-order valence-corrected chi connectivity index (χ3v) is 1.54. The Kier molecular flexibility index (Phi) is 7.01. The third kappa shape index (κ3) is 5.70. The van der Waals surface area contributed by atoms with Crippen LogP contribution in [0.5, 0.6) is 11.5 Å². The molecule has 4 nitrogen and oxygen atoms in total. The number of phenols is 2. The Morgan fingerprint density at radius 1 is 1.20 bits per heavy atom. The lowest BCUT2D eigenvalue weighted by molar-refractivity contribution is 0.112. The molecule has 0 bridgehead atoms. The maximum Gasteiger partial charge on any atom is 0.158 e. The van der Waals surface area contributed by atoms with Gasteiger partial charge in [0.05, 0.1) is 0 Å². The molecule has 0 spiro atoms. The first-order chi connectivity index (χ1) is 7.15. The summed E-state index contributed by atoms with van der Waals surface area (Å²) in [6, 6.07) is 3.88. The molecule has 0 aliphatic carbocycles. The number of phenolic OH excluding ortho intramolecular Hbond substituents is 2. The van der Waals surface area contributed by atoms with E-state index < -0.39 is 0 Å². The molecule has 0 saturated carbocycles. The average Bonchev–Trinajstić information content (AvgIpc) is 2.24. The molecule has 84 valence electrons. The van der Waals surface area contributed by atoms with E-state index in [4.69, 9.17) is 14.9 Å². The average molecular weight is 212 g/mol. The summed E-state index contributed by atoms with van der Waals surface area (Å²) in [7, 11) is 0. The van der Waals surface area contributed by atoms with Crippen molar-refractivity contribution in [1.82, 2.24) is 0 Å². The van der Waals surface area contributed by atoms with Crippen LogP contribution in [0.1, 0.15) is 24.2 Å². The second-order valence-corrected chi connectivity index (χ2v) is 2.65. The number of carbonyl (C=O) groups is 1. The van der Waals surface area contributed by atoms with E-state index in [-0.39, 0.29) is 11.5 Å². The topological polar surface area (TPSA) is 66.8 Å². The molecule has 0 fully saturated rings. The van der Waals surface area contributed by atoms with Gasteiger partial charge < -0.3 is 14.9 Å². The second-order valence-electron chi connectivity index (χ2n) is 2.65. The monoisotopic (exact) mass is 212 g/mol. The van der Waals surface area contributed by atoms with Crippen molar-refractivity contribution in [3.8, 4) is 11.5 Å². The Bertz CT molecular complexity index is 295. The molecule has 2 N–H and O–H groups in total. The minimum absolute atomic E-state index is 0.217. The number of ether oxygens (including phenoxy) is 1. The van der Waals surface area contributed by atoms with Crippen molar-refractivity contribution in [3.05, 3.63) is 23.8 Å². The number of aldehydes is 1. The van der Waals surface area contributed by atoms with Gasteiger partial charge in [-0.1, -0.05) is 0 Å². The van der Waals surface area contributed by atoms with Crippen LogP contribution >= 0.6 is 0 Å². The molecule has 0 aliphatic heterocycles. The summed E-state index contributed by atoms with van der Waals surface area (Å²) in [6.45, 7) is 5.67. The summed E-state index contributed by atoms with van der Waals surface area (Å²) in [4.78, 5) is 10.1. The summed E-state index contributed by atoms with van der Waals surface area (Å²) in [5, 5.41) is 17.6. The van der Waals surface area contributed by atoms with E-state index >= 15 is 0 Å². The number of hydrogen-bond donors (Lipinski definition) is 2. The van der Waals surface area contributed by atoms with Gasteiger partial charge in [-0.05, 0) is 32.0 Å². The Hall–Kier alpha value is -1.55. The highest BCUT2D eigenvalue weighted by Gasteiger charge is 1.97. The van der Waals surface area contributed by atoms with Crippen molar-refractivity contribution in [2.75, 3.05) is 13.2 Å². The van der Waals surface area contributed by atoms with Crippen LogP contribution in [-0.2, 0) is 4.74 Å². The standard InChI is InChI=1S/C7H6O3.C4H10O/c8-4-5-1-2-6(9)7(10)3-5;1-3-5-4-2/h1-4,9-10H;3-4H2,1-2H3. The van der Waals surface area contributed by atoms with Gasteiger partial charge in [0.1, 0.15) is 6.29 Å². The van der Waals surface area contributed by atoms with E-state index in [1.807, 2.05) is 13.8 Å². The van der Waals surface area contributed by atoms with Crippen LogP contribution < -0.4 is 0 Å². The van der Waals surface area contributed by atoms with Crippen LogP contribution in [0.25, 0.3) is 0 Å². The van der Waals surface area contributed by atoms with Gasteiger partial charge in [-0.3, -0.25) is 4.79 Å². The van der Waals surface area contributed by atoms with Gasteiger partial charge in [-0.2, -0.15) is 0 Å². The largest absolute Gasteiger partial charge is 0.504 e. The summed E-state index contributed by atoms with van der Waals surface area (Å²) in [6.07, 6.45) is 0.596. The minimum atomic E-state index is -0.274. The molecule has 0 atom stereocenters. The lowest BCUT2D eigenvalue weighted by atomic mass is 10.2.